The molecule has 0 fully saturated rings. The lowest BCUT2D eigenvalue weighted by Crippen LogP contribution is -2.18. The molecule has 2 aromatic rings. The Morgan fingerprint density at radius 3 is 3.00 bits per heavy atom. The molecule has 0 saturated heterocycles. The predicted molar refractivity (Wildman–Crippen MR) is 55.9 cm³/mol. The van der Waals surface area contributed by atoms with Gasteiger partial charge in [-0.1, -0.05) is 0 Å². The summed E-state index contributed by atoms with van der Waals surface area (Å²) in [5.74, 6) is 1.66. The molecule has 0 amide bonds. The number of rotatable bonds is 3. The quantitative estimate of drug-likeness (QED) is 0.883. The van der Waals surface area contributed by atoms with Crippen molar-refractivity contribution >= 4 is 15.9 Å². The lowest BCUT2D eigenvalue weighted by atomic mass is 10.2. The van der Waals surface area contributed by atoms with Gasteiger partial charge in [0.25, 0.3) is 0 Å². The Balaban J connectivity index is 2.36. The predicted octanol–water partition coefficient (Wildman–Crippen LogP) is 2.07. The molecule has 0 aliphatic rings. The average Bonchev–Trinajstić information content (AvgIpc) is 2.80. The third kappa shape index (κ3) is 1.60. The second-order valence-corrected chi connectivity index (χ2v) is 3.68. The molecular formula is C9H10BrN3O. The van der Waals surface area contributed by atoms with Crippen LogP contribution < -0.4 is 5.32 Å². The lowest BCUT2D eigenvalue weighted by Gasteiger charge is -2.10. The minimum Gasteiger partial charge on any atom is -0.466 e. The Labute approximate surface area is 89.9 Å². The first-order valence-electron chi connectivity index (χ1n) is 4.22. The highest BCUT2D eigenvalue weighted by Gasteiger charge is 2.19. The second-order valence-electron chi connectivity index (χ2n) is 2.83. The Morgan fingerprint density at radius 1 is 1.64 bits per heavy atom. The van der Waals surface area contributed by atoms with E-state index in [1.54, 1.807) is 18.7 Å². The zero-order valence-corrected chi connectivity index (χ0v) is 9.21. The van der Waals surface area contributed by atoms with E-state index in [4.69, 9.17) is 4.42 Å². The molecule has 0 aliphatic carbocycles. The molecule has 74 valence electrons. The highest BCUT2D eigenvalue weighted by Crippen LogP contribution is 2.27. The molecule has 0 saturated carbocycles. The van der Waals surface area contributed by atoms with Gasteiger partial charge < -0.3 is 14.7 Å². The highest BCUT2D eigenvalue weighted by molar-refractivity contribution is 9.10. The number of nitrogens with one attached hydrogen (secondary N) is 2. The standard InChI is InChI=1S/C9H10BrN3O/c1-11-7(9-12-3-4-13-9)8-6(10)2-5-14-8/h2-5,7,11H,1H3,(H,12,13). The van der Waals surface area contributed by atoms with Crippen LogP contribution in [-0.4, -0.2) is 17.0 Å². The summed E-state index contributed by atoms with van der Waals surface area (Å²) in [7, 11) is 1.86. The fourth-order valence-corrected chi connectivity index (χ4v) is 1.77. The van der Waals surface area contributed by atoms with Gasteiger partial charge in [-0.3, -0.25) is 0 Å². The van der Waals surface area contributed by atoms with E-state index in [2.05, 4.69) is 31.2 Å². The van der Waals surface area contributed by atoms with E-state index in [1.165, 1.54) is 0 Å². The molecule has 14 heavy (non-hydrogen) atoms. The maximum atomic E-state index is 5.37. The summed E-state index contributed by atoms with van der Waals surface area (Å²) in [5.41, 5.74) is 0. The molecule has 4 nitrogen and oxygen atoms in total. The second kappa shape index (κ2) is 3.98. The van der Waals surface area contributed by atoms with Crippen LogP contribution in [0.5, 0.6) is 0 Å². The Bertz CT molecular complexity index is 396. The van der Waals surface area contributed by atoms with Crippen LogP contribution in [0.1, 0.15) is 17.6 Å². The van der Waals surface area contributed by atoms with E-state index >= 15 is 0 Å². The smallest absolute Gasteiger partial charge is 0.142 e. The van der Waals surface area contributed by atoms with Gasteiger partial charge in [-0.25, -0.2) is 4.98 Å². The molecule has 2 aromatic heterocycles. The average molecular weight is 256 g/mol. The molecule has 2 rings (SSSR count). The van der Waals surface area contributed by atoms with Crippen molar-refractivity contribution in [3.05, 3.63) is 40.8 Å². The monoisotopic (exact) mass is 255 g/mol. The number of H-pyrrole nitrogens is 1. The molecule has 0 aliphatic heterocycles. The number of furan rings is 1. The molecule has 0 spiro atoms. The van der Waals surface area contributed by atoms with Crippen LogP contribution in [0.15, 0.2) is 33.6 Å². The van der Waals surface area contributed by atoms with Crippen LogP contribution in [0.2, 0.25) is 0 Å². The fraction of sp³-hybridized carbons (Fsp3) is 0.222. The molecule has 0 radical (unpaired) electrons. The minimum absolute atomic E-state index is 0.0469. The van der Waals surface area contributed by atoms with E-state index in [0.29, 0.717) is 0 Å². The Morgan fingerprint density at radius 2 is 2.50 bits per heavy atom. The molecule has 0 bridgehead atoms. The maximum absolute atomic E-state index is 5.37. The highest BCUT2D eigenvalue weighted by atomic mass is 79.9. The first kappa shape index (κ1) is 9.48. The zero-order valence-electron chi connectivity index (χ0n) is 7.62. The van der Waals surface area contributed by atoms with Crippen LogP contribution >= 0.6 is 15.9 Å². The molecule has 2 heterocycles. The fourth-order valence-electron chi connectivity index (χ4n) is 1.34. The zero-order chi connectivity index (χ0) is 9.97. The third-order valence-electron chi connectivity index (χ3n) is 1.99. The van der Waals surface area contributed by atoms with Gasteiger partial charge in [0, 0.05) is 12.4 Å². The van der Waals surface area contributed by atoms with Crippen molar-refractivity contribution in [3.8, 4) is 0 Å². The number of aromatic nitrogens is 2. The lowest BCUT2D eigenvalue weighted by molar-refractivity contribution is 0.452. The Hall–Kier alpha value is -1.07. The summed E-state index contributed by atoms with van der Waals surface area (Å²) in [6, 6.07) is 1.82. The third-order valence-corrected chi connectivity index (χ3v) is 2.64. The van der Waals surface area contributed by atoms with Crippen molar-refractivity contribution in [2.75, 3.05) is 7.05 Å². The van der Waals surface area contributed by atoms with Gasteiger partial charge in [-0.05, 0) is 29.0 Å². The van der Waals surface area contributed by atoms with E-state index in [0.717, 1.165) is 16.1 Å². The summed E-state index contributed by atoms with van der Waals surface area (Å²) in [5, 5.41) is 3.13. The van der Waals surface area contributed by atoms with E-state index in [-0.39, 0.29) is 6.04 Å². The van der Waals surface area contributed by atoms with Crippen molar-refractivity contribution in [2.24, 2.45) is 0 Å². The van der Waals surface area contributed by atoms with E-state index < -0.39 is 0 Å². The summed E-state index contributed by atoms with van der Waals surface area (Å²) < 4.78 is 6.31. The summed E-state index contributed by atoms with van der Waals surface area (Å²) in [6.45, 7) is 0. The molecule has 1 unspecified atom stereocenters. The Kier molecular flexibility index (Phi) is 2.69. The molecule has 5 heteroatoms. The van der Waals surface area contributed by atoms with Crippen LogP contribution in [-0.2, 0) is 0 Å². The number of halogens is 1. The van der Waals surface area contributed by atoms with Crippen LogP contribution in [0.3, 0.4) is 0 Å². The van der Waals surface area contributed by atoms with Crippen molar-refractivity contribution in [2.45, 2.75) is 6.04 Å². The van der Waals surface area contributed by atoms with Gasteiger partial charge in [0.15, 0.2) is 0 Å². The number of nitrogens with zero attached hydrogens (tertiary/aromatic N) is 1. The van der Waals surface area contributed by atoms with E-state index in [1.807, 2.05) is 13.1 Å². The van der Waals surface area contributed by atoms with Crippen molar-refractivity contribution in [1.29, 1.82) is 0 Å². The van der Waals surface area contributed by atoms with Gasteiger partial charge in [0.05, 0.1) is 10.7 Å². The van der Waals surface area contributed by atoms with Gasteiger partial charge in [0.1, 0.15) is 17.6 Å². The van der Waals surface area contributed by atoms with Gasteiger partial charge in [0.2, 0.25) is 0 Å². The number of aromatic amines is 1. The summed E-state index contributed by atoms with van der Waals surface area (Å²) in [6.07, 6.45) is 5.15. The van der Waals surface area contributed by atoms with Crippen LogP contribution in [0.25, 0.3) is 0 Å². The van der Waals surface area contributed by atoms with Gasteiger partial charge >= 0.3 is 0 Å². The van der Waals surface area contributed by atoms with Crippen LogP contribution in [0.4, 0.5) is 0 Å². The first-order valence-corrected chi connectivity index (χ1v) is 5.01. The SMILES string of the molecule is CNC(c1ncc[nH]1)c1occc1Br. The van der Waals surface area contributed by atoms with Crippen LogP contribution in [0, 0.1) is 0 Å². The van der Waals surface area contributed by atoms with Gasteiger partial charge in [-0.15, -0.1) is 0 Å². The van der Waals surface area contributed by atoms with Gasteiger partial charge in [-0.2, -0.15) is 0 Å². The van der Waals surface area contributed by atoms with Crippen molar-refractivity contribution in [3.63, 3.8) is 0 Å². The summed E-state index contributed by atoms with van der Waals surface area (Å²) in [4.78, 5) is 7.23. The molecule has 1 atom stereocenters. The number of hydrogen-bond acceptors (Lipinski definition) is 3. The molecule has 2 N–H and O–H groups in total. The summed E-state index contributed by atoms with van der Waals surface area (Å²) >= 11 is 3.42. The molecular weight excluding hydrogens is 246 g/mol. The maximum Gasteiger partial charge on any atom is 0.142 e. The minimum atomic E-state index is -0.0469. The van der Waals surface area contributed by atoms with Crippen molar-refractivity contribution < 1.29 is 4.42 Å². The largest absolute Gasteiger partial charge is 0.466 e. The normalized spacial score (nSPS) is 13.0. The first-order chi connectivity index (χ1) is 6.83. The van der Waals surface area contributed by atoms with E-state index in [9.17, 15) is 0 Å². The number of hydrogen-bond donors (Lipinski definition) is 2. The topological polar surface area (TPSA) is 53.9 Å². The number of imidazole rings is 1. The van der Waals surface area contributed by atoms with Crippen molar-refractivity contribution in [1.82, 2.24) is 15.3 Å². The molecule has 0 aromatic carbocycles.